The Labute approximate surface area is 248 Å². The topological polar surface area (TPSA) is 141 Å². The standard InChI is InChI=1S/C32H48O10/c1-16-26(35)28(38-5)27(36)29(40-16)42-20-8-10-30(3)19(13-20)6-7-22-21(30)9-11-31(4)25(18-12-24(34)39-15-18)23(41-17(2)33)14-32(22,31)37/h12,16,19-23,25-29,35-37H,6-11,13-15H2,1-5H3/t16?,19-,20+,21+,22-,23+,25+,26?,27?,28?,29?,30+,31-,32+/m1/s1. The van der Waals surface area contributed by atoms with Crippen molar-refractivity contribution in [1.29, 1.82) is 0 Å². The highest BCUT2D eigenvalue weighted by molar-refractivity contribution is 5.85. The van der Waals surface area contributed by atoms with Crippen molar-refractivity contribution in [3.63, 3.8) is 0 Å². The van der Waals surface area contributed by atoms with Gasteiger partial charge < -0.3 is 39.0 Å². The Morgan fingerprint density at radius 1 is 1.07 bits per heavy atom. The first kappa shape index (κ1) is 30.5. The molecular formula is C32H48O10. The smallest absolute Gasteiger partial charge is 0.331 e. The zero-order valence-corrected chi connectivity index (χ0v) is 25.5. The zero-order chi connectivity index (χ0) is 30.2. The minimum absolute atomic E-state index is 0.0190. The van der Waals surface area contributed by atoms with Crippen LogP contribution in [0.15, 0.2) is 11.6 Å². The lowest BCUT2D eigenvalue weighted by atomic mass is 9.43. The molecule has 2 heterocycles. The number of methoxy groups -OCH3 is 1. The second-order valence-corrected chi connectivity index (χ2v) is 14.5. The Kier molecular flexibility index (Phi) is 7.84. The fourth-order valence-corrected chi connectivity index (χ4v) is 10.4. The Bertz CT molecular complexity index is 1110. The molecule has 5 fully saturated rings. The highest BCUT2D eigenvalue weighted by atomic mass is 16.7. The Morgan fingerprint density at radius 3 is 2.50 bits per heavy atom. The summed E-state index contributed by atoms with van der Waals surface area (Å²) in [7, 11) is 1.47. The molecule has 0 radical (unpaired) electrons. The van der Waals surface area contributed by atoms with Crippen LogP contribution in [-0.2, 0) is 33.3 Å². The van der Waals surface area contributed by atoms with E-state index in [1.54, 1.807) is 6.92 Å². The van der Waals surface area contributed by atoms with Crippen molar-refractivity contribution in [2.75, 3.05) is 13.7 Å². The fourth-order valence-electron chi connectivity index (χ4n) is 10.4. The van der Waals surface area contributed by atoms with Crippen LogP contribution in [0.25, 0.3) is 0 Å². The van der Waals surface area contributed by atoms with Crippen molar-refractivity contribution in [2.24, 2.45) is 34.5 Å². The maximum absolute atomic E-state index is 12.7. The van der Waals surface area contributed by atoms with Gasteiger partial charge in [0.25, 0.3) is 0 Å². The monoisotopic (exact) mass is 592 g/mol. The van der Waals surface area contributed by atoms with Gasteiger partial charge in [-0.2, -0.15) is 0 Å². The third kappa shape index (κ3) is 4.58. The molecule has 0 aromatic heterocycles. The average molecular weight is 593 g/mol. The Hall–Kier alpha value is -1.56. The van der Waals surface area contributed by atoms with Crippen molar-refractivity contribution in [3.05, 3.63) is 11.6 Å². The van der Waals surface area contributed by atoms with Crippen LogP contribution >= 0.6 is 0 Å². The minimum Gasteiger partial charge on any atom is -0.462 e. The zero-order valence-electron chi connectivity index (χ0n) is 25.5. The summed E-state index contributed by atoms with van der Waals surface area (Å²) in [6, 6.07) is 0. The second kappa shape index (κ2) is 10.8. The van der Waals surface area contributed by atoms with Gasteiger partial charge in [-0.25, -0.2) is 4.79 Å². The van der Waals surface area contributed by atoms with Gasteiger partial charge in [0.1, 0.15) is 31.0 Å². The van der Waals surface area contributed by atoms with Crippen LogP contribution in [0.1, 0.15) is 79.1 Å². The van der Waals surface area contributed by atoms with Crippen molar-refractivity contribution >= 4 is 11.9 Å². The molecule has 42 heavy (non-hydrogen) atoms. The predicted molar refractivity (Wildman–Crippen MR) is 149 cm³/mol. The number of ether oxygens (including phenoxy) is 5. The fraction of sp³-hybridized carbons (Fsp3) is 0.875. The second-order valence-electron chi connectivity index (χ2n) is 14.5. The van der Waals surface area contributed by atoms with Gasteiger partial charge in [-0.1, -0.05) is 13.8 Å². The van der Waals surface area contributed by atoms with Gasteiger partial charge in [-0.05, 0) is 80.6 Å². The molecule has 236 valence electrons. The third-order valence-electron chi connectivity index (χ3n) is 12.6. The van der Waals surface area contributed by atoms with Crippen LogP contribution in [0.2, 0.25) is 0 Å². The summed E-state index contributed by atoms with van der Waals surface area (Å²) in [6.45, 7) is 7.85. The summed E-state index contributed by atoms with van der Waals surface area (Å²) in [5.41, 5.74) is -0.720. The van der Waals surface area contributed by atoms with Crippen LogP contribution in [0.3, 0.4) is 0 Å². The van der Waals surface area contributed by atoms with E-state index in [-0.39, 0.29) is 41.9 Å². The van der Waals surface area contributed by atoms with E-state index < -0.39 is 47.8 Å². The first-order valence-electron chi connectivity index (χ1n) is 15.8. The Balaban J connectivity index is 1.20. The van der Waals surface area contributed by atoms with E-state index in [1.165, 1.54) is 20.1 Å². The third-order valence-corrected chi connectivity index (χ3v) is 12.6. The van der Waals surface area contributed by atoms with Gasteiger partial charge in [0.2, 0.25) is 0 Å². The van der Waals surface area contributed by atoms with Crippen molar-refractivity contribution in [1.82, 2.24) is 0 Å². The van der Waals surface area contributed by atoms with E-state index in [4.69, 9.17) is 23.7 Å². The van der Waals surface area contributed by atoms with E-state index in [0.29, 0.717) is 18.3 Å². The molecule has 0 aromatic carbocycles. The molecule has 2 aliphatic heterocycles. The number of aliphatic hydroxyl groups is 3. The largest absolute Gasteiger partial charge is 0.462 e. The molecule has 10 nitrogen and oxygen atoms in total. The molecule has 1 saturated heterocycles. The average Bonchev–Trinajstić information content (AvgIpc) is 3.44. The molecule has 6 aliphatic rings. The lowest BCUT2D eigenvalue weighted by molar-refractivity contribution is -0.313. The number of hydrogen-bond donors (Lipinski definition) is 3. The SMILES string of the molecule is COC1C(O)C(C)OC(O[C@H]2CC[C@@]3(C)[C@H](CC[C@@H]4[C@@H]3CC[C@]3(C)[C@@H](C5=CC(=O)OC5)[C@@H](OC(C)=O)C[C@]43O)C2)C1O. The van der Waals surface area contributed by atoms with Gasteiger partial charge in [-0.3, -0.25) is 4.79 Å². The summed E-state index contributed by atoms with van der Waals surface area (Å²) in [5, 5.41) is 33.8. The molecule has 0 spiro atoms. The van der Waals surface area contributed by atoms with Gasteiger partial charge in [0, 0.05) is 37.9 Å². The van der Waals surface area contributed by atoms with Gasteiger partial charge in [0.05, 0.1) is 17.8 Å². The minimum atomic E-state index is -1.08. The Morgan fingerprint density at radius 2 is 1.83 bits per heavy atom. The number of hydrogen-bond acceptors (Lipinski definition) is 10. The number of carbonyl (C=O) groups is 2. The summed E-state index contributed by atoms with van der Waals surface area (Å²) < 4.78 is 28.7. The van der Waals surface area contributed by atoms with Crippen molar-refractivity contribution in [2.45, 2.75) is 128 Å². The molecule has 0 amide bonds. The first-order valence-corrected chi connectivity index (χ1v) is 15.8. The normalized spacial score (nSPS) is 52.0. The van der Waals surface area contributed by atoms with Gasteiger partial charge >= 0.3 is 11.9 Å². The van der Waals surface area contributed by atoms with Crippen molar-refractivity contribution in [3.8, 4) is 0 Å². The van der Waals surface area contributed by atoms with E-state index in [1.807, 2.05) is 0 Å². The predicted octanol–water partition coefficient (Wildman–Crippen LogP) is 2.65. The van der Waals surface area contributed by atoms with Crippen LogP contribution in [-0.4, -0.2) is 89.5 Å². The van der Waals surface area contributed by atoms with E-state index in [9.17, 15) is 24.9 Å². The summed E-state index contributed by atoms with van der Waals surface area (Å²) in [6.07, 6.45) is 3.36. The number of rotatable bonds is 5. The molecule has 3 N–H and O–H groups in total. The van der Waals surface area contributed by atoms with E-state index >= 15 is 0 Å². The van der Waals surface area contributed by atoms with Crippen LogP contribution < -0.4 is 0 Å². The molecule has 0 aromatic rings. The lowest BCUT2D eigenvalue weighted by Gasteiger charge is -2.63. The number of esters is 2. The van der Waals surface area contributed by atoms with Crippen LogP contribution in [0.4, 0.5) is 0 Å². The summed E-state index contributed by atoms with van der Waals surface area (Å²) in [4.78, 5) is 24.2. The summed E-state index contributed by atoms with van der Waals surface area (Å²) in [5.74, 6) is -0.234. The van der Waals surface area contributed by atoms with Crippen LogP contribution in [0.5, 0.6) is 0 Å². The number of fused-ring (bicyclic) bond motifs is 5. The quantitative estimate of drug-likeness (QED) is 0.322. The molecule has 10 heteroatoms. The molecule has 4 aliphatic carbocycles. The number of cyclic esters (lactones) is 1. The lowest BCUT2D eigenvalue weighted by Crippen LogP contribution is -2.62. The molecule has 5 unspecified atom stereocenters. The molecule has 6 rings (SSSR count). The molecule has 0 bridgehead atoms. The molecular weight excluding hydrogens is 544 g/mol. The van der Waals surface area contributed by atoms with Gasteiger partial charge in [0.15, 0.2) is 6.29 Å². The van der Waals surface area contributed by atoms with Crippen LogP contribution in [0, 0.1) is 34.5 Å². The molecule has 4 saturated carbocycles. The van der Waals surface area contributed by atoms with Gasteiger partial charge in [-0.15, -0.1) is 0 Å². The van der Waals surface area contributed by atoms with E-state index in [2.05, 4.69) is 13.8 Å². The highest BCUT2D eigenvalue weighted by Gasteiger charge is 2.71. The first-order chi connectivity index (χ1) is 19.8. The highest BCUT2D eigenvalue weighted by Crippen LogP contribution is 2.70. The summed E-state index contributed by atoms with van der Waals surface area (Å²) >= 11 is 0. The maximum atomic E-state index is 12.7. The molecule has 14 atom stereocenters. The number of carbonyl (C=O) groups excluding carboxylic acids is 2. The van der Waals surface area contributed by atoms with E-state index in [0.717, 1.165) is 50.5 Å². The number of aliphatic hydroxyl groups excluding tert-OH is 2. The van der Waals surface area contributed by atoms with Crippen molar-refractivity contribution < 1.29 is 48.6 Å². The maximum Gasteiger partial charge on any atom is 0.331 e.